The molecule has 0 saturated heterocycles. The minimum Gasteiger partial charge on any atom is -0.454 e. The molecule has 19 heavy (non-hydrogen) atoms. The fraction of sp³-hybridized carbons (Fsp3) is 0.294. The van der Waals surface area contributed by atoms with Crippen molar-refractivity contribution in [2.24, 2.45) is 0 Å². The normalized spacial score (nSPS) is 11.8. The van der Waals surface area contributed by atoms with Crippen LogP contribution < -0.4 is 9.47 Å². The van der Waals surface area contributed by atoms with Crippen LogP contribution in [0.2, 0.25) is 0 Å². The maximum absolute atomic E-state index is 5.16. The molecule has 0 amide bonds. The first-order valence-electron chi connectivity index (χ1n) is 6.47. The zero-order valence-electron chi connectivity index (χ0n) is 12.0. The summed E-state index contributed by atoms with van der Waals surface area (Å²) in [6.07, 6.45) is 0. The fourth-order valence-electron chi connectivity index (χ4n) is 1.90. The molecular formula is C17H20O2. The second-order valence-electron chi connectivity index (χ2n) is 4.87. The van der Waals surface area contributed by atoms with E-state index in [4.69, 9.17) is 9.47 Å². The smallest absolute Gasteiger partial charge is 0.231 e. The molecular weight excluding hydrogens is 236 g/mol. The Balaban J connectivity index is 0.000000141. The van der Waals surface area contributed by atoms with Gasteiger partial charge in [0.05, 0.1) is 0 Å². The third kappa shape index (κ3) is 3.28. The topological polar surface area (TPSA) is 18.5 Å². The van der Waals surface area contributed by atoms with Crippen LogP contribution in [0.5, 0.6) is 11.5 Å². The lowest BCUT2D eigenvalue weighted by molar-refractivity contribution is 0.174. The number of ether oxygens (including phenoxy) is 2. The highest BCUT2D eigenvalue weighted by molar-refractivity contribution is 5.43. The van der Waals surface area contributed by atoms with Gasteiger partial charge in [-0.05, 0) is 62.1 Å². The molecule has 0 radical (unpaired) electrons. The van der Waals surface area contributed by atoms with Crippen molar-refractivity contribution in [1.29, 1.82) is 0 Å². The average Bonchev–Trinajstić information content (AvgIpc) is 2.84. The lowest BCUT2D eigenvalue weighted by Crippen LogP contribution is -1.92. The zero-order valence-corrected chi connectivity index (χ0v) is 12.0. The standard InChI is InChI=1S/C9H12.C8H8O2/c1-7-5-4-6-8(2)9(7)3;1-6-2-3-7-8(4-6)10-5-9-7/h4-6H,1-3H3;2-4H,5H2,1H3. The zero-order chi connectivity index (χ0) is 13.8. The van der Waals surface area contributed by atoms with Crippen LogP contribution in [-0.4, -0.2) is 6.79 Å². The van der Waals surface area contributed by atoms with E-state index < -0.39 is 0 Å². The number of fused-ring (bicyclic) bond motifs is 1. The van der Waals surface area contributed by atoms with Crippen molar-refractivity contribution in [1.82, 2.24) is 0 Å². The highest BCUT2D eigenvalue weighted by Crippen LogP contribution is 2.31. The lowest BCUT2D eigenvalue weighted by atomic mass is 10.1. The molecule has 100 valence electrons. The average molecular weight is 256 g/mol. The largest absolute Gasteiger partial charge is 0.454 e. The first-order valence-corrected chi connectivity index (χ1v) is 6.47. The maximum atomic E-state index is 5.16. The van der Waals surface area contributed by atoms with Crippen LogP contribution in [0.1, 0.15) is 22.3 Å². The number of hydrogen-bond acceptors (Lipinski definition) is 2. The number of rotatable bonds is 0. The summed E-state index contributed by atoms with van der Waals surface area (Å²) < 4.78 is 10.3. The van der Waals surface area contributed by atoms with Crippen molar-refractivity contribution in [3.63, 3.8) is 0 Å². The molecule has 2 heteroatoms. The molecule has 1 aliphatic rings. The molecule has 2 nitrogen and oxygen atoms in total. The Labute approximate surface area is 115 Å². The van der Waals surface area contributed by atoms with Crippen molar-refractivity contribution >= 4 is 0 Å². The van der Waals surface area contributed by atoms with Crippen LogP contribution in [0.25, 0.3) is 0 Å². The minimum absolute atomic E-state index is 0.360. The lowest BCUT2D eigenvalue weighted by Gasteiger charge is -2.00. The molecule has 1 heterocycles. The molecule has 0 bridgehead atoms. The van der Waals surface area contributed by atoms with E-state index in [-0.39, 0.29) is 0 Å². The monoisotopic (exact) mass is 256 g/mol. The van der Waals surface area contributed by atoms with Crippen LogP contribution in [-0.2, 0) is 0 Å². The van der Waals surface area contributed by atoms with Gasteiger partial charge in [0.15, 0.2) is 11.5 Å². The SMILES string of the molecule is Cc1ccc2c(c1)OCO2.Cc1cccc(C)c1C. The summed E-state index contributed by atoms with van der Waals surface area (Å²) in [5.41, 5.74) is 5.38. The first kappa shape index (κ1) is 13.5. The molecule has 0 atom stereocenters. The summed E-state index contributed by atoms with van der Waals surface area (Å²) in [5, 5.41) is 0. The van der Waals surface area contributed by atoms with Gasteiger partial charge in [-0.15, -0.1) is 0 Å². The third-order valence-electron chi connectivity index (χ3n) is 3.40. The summed E-state index contributed by atoms with van der Waals surface area (Å²) >= 11 is 0. The Kier molecular flexibility index (Phi) is 4.10. The predicted molar refractivity (Wildman–Crippen MR) is 78.0 cm³/mol. The van der Waals surface area contributed by atoms with E-state index in [1.165, 1.54) is 22.3 Å². The van der Waals surface area contributed by atoms with E-state index in [0.29, 0.717) is 6.79 Å². The van der Waals surface area contributed by atoms with Crippen LogP contribution in [0, 0.1) is 27.7 Å². The van der Waals surface area contributed by atoms with E-state index in [9.17, 15) is 0 Å². The second kappa shape index (κ2) is 5.79. The van der Waals surface area contributed by atoms with Gasteiger partial charge in [-0.1, -0.05) is 24.3 Å². The number of hydrogen-bond donors (Lipinski definition) is 0. The molecule has 0 spiro atoms. The number of aryl methyl sites for hydroxylation is 3. The van der Waals surface area contributed by atoms with Gasteiger partial charge in [0.2, 0.25) is 6.79 Å². The van der Waals surface area contributed by atoms with Gasteiger partial charge in [0.25, 0.3) is 0 Å². The van der Waals surface area contributed by atoms with Gasteiger partial charge in [0.1, 0.15) is 0 Å². The van der Waals surface area contributed by atoms with Gasteiger partial charge < -0.3 is 9.47 Å². The van der Waals surface area contributed by atoms with Crippen LogP contribution in [0.3, 0.4) is 0 Å². The highest BCUT2D eigenvalue weighted by Gasteiger charge is 2.11. The van der Waals surface area contributed by atoms with Crippen LogP contribution in [0.15, 0.2) is 36.4 Å². The summed E-state index contributed by atoms with van der Waals surface area (Å²) in [4.78, 5) is 0. The van der Waals surface area contributed by atoms with Crippen molar-refractivity contribution in [2.75, 3.05) is 6.79 Å². The van der Waals surface area contributed by atoms with Crippen molar-refractivity contribution in [3.8, 4) is 11.5 Å². The van der Waals surface area contributed by atoms with E-state index in [2.05, 4.69) is 39.0 Å². The van der Waals surface area contributed by atoms with Gasteiger partial charge in [-0.3, -0.25) is 0 Å². The predicted octanol–water partition coefficient (Wildman–Crippen LogP) is 4.34. The van der Waals surface area contributed by atoms with Crippen molar-refractivity contribution in [3.05, 3.63) is 58.7 Å². The summed E-state index contributed by atoms with van der Waals surface area (Å²) in [7, 11) is 0. The van der Waals surface area contributed by atoms with Crippen molar-refractivity contribution < 1.29 is 9.47 Å². The molecule has 0 fully saturated rings. The molecule has 0 N–H and O–H groups in total. The molecule has 0 saturated carbocycles. The van der Waals surface area contributed by atoms with Gasteiger partial charge in [-0.2, -0.15) is 0 Å². The Morgan fingerprint density at radius 3 is 2.05 bits per heavy atom. The Morgan fingerprint density at radius 2 is 1.42 bits per heavy atom. The van der Waals surface area contributed by atoms with Crippen LogP contribution >= 0.6 is 0 Å². The van der Waals surface area contributed by atoms with E-state index in [1.807, 2.05) is 25.1 Å². The molecule has 0 aliphatic carbocycles. The molecule has 1 aliphatic heterocycles. The van der Waals surface area contributed by atoms with Gasteiger partial charge in [-0.25, -0.2) is 0 Å². The maximum Gasteiger partial charge on any atom is 0.231 e. The first-order chi connectivity index (χ1) is 9.08. The second-order valence-corrected chi connectivity index (χ2v) is 4.87. The summed E-state index contributed by atoms with van der Waals surface area (Å²) in [6.45, 7) is 8.83. The highest BCUT2D eigenvalue weighted by atomic mass is 16.7. The molecule has 3 rings (SSSR count). The van der Waals surface area contributed by atoms with E-state index in [1.54, 1.807) is 0 Å². The summed E-state index contributed by atoms with van der Waals surface area (Å²) in [6, 6.07) is 12.3. The Bertz CT molecular complexity index is 553. The fourth-order valence-corrected chi connectivity index (χ4v) is 1.90. The third-order valence-corrected chi connectivity index (χ3v) is 3.40. The van der Waals surface area contributed by atoms with E-state index in [0.717, 1.165) is 11.5 Å². The van der Waals surface area contributed by atoms with Gasteiger partial charge in [0, 0.05) is 0 Å². The quantitative estimate of drug-likeness (QED) is 0.698. The molecule has 0 aromatic heterocycles. The molecule has 2 aromatic carbocycles. The summed E-state index contributed by atoms with van der Waals surface area (Å²) in [5.74, 6) is 1.71. The Morgan fingerprint density at radius 1 is 0.789 bits per heavy atom. The molecule has 2 aromatic rings. The van der Waals surface area contributed by atoms with Crippen molar-refractivity contribution in [2.45, 2.75) is 27.7 Å². The molecule has 0 unspecified atom stereocenters. The van der Waals surface area contributed by atoms with Crippen LogP contribution in [0.4, 0.5) is 0 Å². The van der Waals surface area contributed by atoms with Gasteiger partial charge >= 0.3 is 0 Å². The van der Waals surface area contributed by atoms with E-state index >= 15 is 0 Å². The Hall–Kier alpha value is -1.96. The minimum atomic E-state index is 0.360. The number of benzene rings is 2.